The van der Waals surface area contributed by atoms with E-state index in [1.807, 2.05) is 0 Å². The zero-order valence-electron chi connectivity index (χ0n) is 18.2. The van der Waals surface area contributed by atoms with Gasteiger partial charge in [0.25, 0.3) is 0 Å². The molecule has 0 saturated heterocycles. The van der Waals surface area contributed by atoms with Gasteiger partial charge in [-0.05, 0) is 58.3 Å². The molecule has 0 aliphatic rings. The molecule has 0 rings (SSSR count). The van der Waals surface area contributed by atoms with Gasteiger partial charge in [0.15, 0.2) is 0 Å². The van der Waals surface area contributed by atoms with Gasteiger partial charge in [-0.15, -0.1) is 0 Å². The summed E-state index contributed by atoms with van der Waals surface area (Å²) in [4.78, 5) is 11.5. The Balaban J connectivity index is 3.45. The van der Waals surface area contributed by atoms with Crippen LogP contribution in [0.1, 0.15) is 90.9 Å². The monoisotopic (exact) mass is 389 g/mol. The van der Waals surface area contributed by atoms with Gasteiger partial charge in [0.05, 0.1) is 6.61 Å². The number of aliphatic hydroxyl groups is 1. The summed E-state index contributed by atoms with van der Waals surface area (Å²) in [6.45, 7) is 4.04. The molecule has 2 N–H and O–H groups in total. The molecule has 3 heteroatoms. The summed E-state index contributed by atoms with van der Waals surface area (Å²) in [5, 5.41) is 11.7. The SMILES string of the molecule is CCCCC/C=C\C/C=C\C/C=C\C/C=C\CCCCCC(=O)NC(C)CO. The summed E-state index contributed by atoms with van der Waals surface area (Å²) in [7, 11) is 0. The Morgan fingerprint density at radius 3 is 1.79 bits per heavy atom. The summed E-state index contributed by atoms with van der Waals surface area (Å²) >= 11 is 0. The van der Waals surface area contributed by atoms with Crippen molar-refractivity contribution in [2.24, 2.45) is 0 Å². The largest absolute Gasteiger partial charge is 0.394 e. The van der Waals surface area contributed by atoms with Crippen molar-refractivity contribution in [3.63, 3.8) is 0 Å². The van der Waals surface area contributed by atoms with Crippen LogP contribution in [0.3, 0.4) is 0 Å². The van der Waals surface area contributed by atoms with Crippen molar-refractivity contribution >= 4 is 5.91 Å². The number of aliphatic hydroxyl groups excluding tert-OH is 1. The van der Waals surface area contributed by atoms with E-state index in [4.69, 9.17) is 5.11 Å². The average Bonchev–Trinajstić information content (AvgIpc) is 2.69. The second-order valence-electron chi connectivity index (χ2n) is 7.34. The Labute approximate surface area is 173 Å². The zero-order chi connectivity index (χ0) is 20.7. The normalized spacial score (nSPS) is 13.4. The van der Waals surface area contributed by atoms with Crippen LogP contribution in [0.2, 0.25) is 0 Å². The molecule has 0 bridgehead atoms. The highest BCUT2D eigenvalue weighted by Gasteiger charge is 2.04. The van der Waals surface area contributed by atoms with E-state index in [1.165, 1.54) is 25.7 Å². The molecule has 3 nitrogen and oxygen atoms in total. The van der Waals surface area contributed by atoms with Crippen molar-refractivity contribution in [1.29, 1.82) is 0 Å². The van der Waals surface area contributed by atoms with Crippen LogP contribution in [0.25, 0.3) is 0 Å². The lowest BCUT2D eigenvalue weighted by atomic mass is 10.1. The molecule has 1 amide bonds. The highest BCUT2D eigenvalue weighted by atomic mass is 16.3. The number of unbranched alkanes of at least 4 members (excludes halogenated alkanes) is 6. The predicted molar refractivity (Wildman–Crippen MR) is 122 cm³/mol. The Hall–Kier alpha value is -1.61. The number of rotatable bonds is 18. The van der Waals surface area contributed by atoms with Crippen LogP contribution in [0.15, 0.2) is 48.6 Å². The third kappa shape index (κ3) is 20.7. The fraction of sp³-hybridized carbons (Fsp3) is 0.640. The number of hydrogen-bond donors (Lipinski definition) is 2. The molecule has 0 heterocycles. The number of amides is 1. The molecule has 0 aromatic rings. The van der Waals surface area contributed by atoms with E-state index < -0.39 is 0 Å². The molecule has 160 valence electrons. The average molecular weight is 390 g/mol. The van der Waals surface area contributed by atoms with Crippen molar-refractivity contribution in [3.8, 4) is 0 Å². The van der Waals surface area contributed by atoms with Gasteiger partial charge in [-0.3, -0.25) is 4.79 Å². The lowest BCUT2D eigenvalue weighted by Gasteiger charge is -2.10. The van der Waals surface area contributed by atoms with E-state index in [1.54, 1.807) is 6.92 Å². The van der Waals surface area contributed by atoms with Crippen molar-refractivity contribution in [1.82, 2.24) is 5.32 Å². The molecule has 0 radical (unpaired) electrons. The maximum Gasteiger partial charge on any atom is 0.220 e. The van der Waals surface area contributed by atoms with Crippen LogP contribution < -0.4 is 5.32 Å². The minimum absolute atomic E-state index is 0.00218. The second kappa shape index (κ2) is 21.7. The standard InChI is InChI=1S/C25H43NO2/c1-3-4-5-6-7-8-9-10-11-12-13-14-15-16-17-18-19-20-21-22-25(28)26-24(2)23-27/h7-8,10-11,13-14,16-17,24,27H,3-6,9,12,15,18-23H2,1-2H3,(H,26,28)/b8-7-,11-10-,14-13-,17-16-. The molecule has 0 aliphatic heterocycles. The van der Waals surface area contributed by atoms with Gasteiger partial charge in [0.2, 0.25) is 5.91 Å². The minimum atomic E-state index is -0.142. The number of carbonyl (C=O) groups is 1. The van der Waals surface area contributed by atoms with Gasteiger partial charge < -0.3 is 10.4 Å². The van der Waals surface area contributed by atoms with Gasteiger partial charge in [-0.25, -0.2) is 0 Å². The summed E-state index contributed by atoms with van der Waals surface area (Å²) in [5.74, 6) is 0.0410. The van der Waals surface area contributed by atoms with Gasteiger partial charge in [-0.2, -0.15) is 0 Å². The molecule has 0 aromatic heterocycles. The first-order valence-electron chi connectivity index (χ1n) is 11.2. The van der Waals surface area contributed by atoms with E-state index in [9.17, 15) is 4.79 Å². The first-order valence-corrected chi connectivity index (χ1v) is 11.2. The van der Waals surface area contributed by atoms with Gasteiger partial charge in [0.1, 0.15) is 0 Å². The summed E-state index contributed by atoms with van der Waals surface area (Å²) < 4.78 is 0. The minimum Gasteiger partial charge on any atom is -0.394 e. The third-order valence-corrected chi connectivity index (χ3v) is 4.41. The summed E-state index contributed by atoms with van der Waals surface area (Å²) in [6, 6.07) is -0.142. The molecule has 0 aromatic carbocycles. The van der Waals surface area contributed by atoms with E-state index in [-0.39, 0.29) is 18.6 Å². The molecule has 0 aliphatic carbocycles. The molecular weight excluding hydrogens is 346 g/mol. The summed E-state index contributed by atoms with van der Waals surface area (Å²) in [6.07, 6.45) is 30.9. The smallest absolute Gasteiger partial charge is 0.220 e. The van der Waals surface area contributed by atoms with Gasteiger partial charge >= 0.3 is 0 Å². The fourth-order valence-corrected chi connectivity index (χ4v) is 2.68. The predicted octanol–water partition coefficient (Wildman–Crippen LogP) is 6.41. The maximum atomic E-state index is 11.5. The van der Waals surface area contributed by atoms with Crippen molar-refractivity contribution in [2.75, 3.05) is 6.61 Å². The molecule has 28 heavy (non-hydrogen) atoms. The fourth-order valence-electron chi connectivity index (χ4n) is 2.68. The Morgan fingerprint density at radius 2 is 1.29 bits per heavy atom. The van der Waals surface area contributed by atoms with Crippen LogP contribution in [0.5, 0.6) is 0 Å². The Bertz CT molecular complexity index is 463. The maximum absolute atomic E-state index is 11.5. The molecule has 0 spiro atoms. The quantitative estimate of drug-likeness (QED) is 0.210. The third-order valence-electron chi connectivity index (χ3n) is 4.41. The van der Waals surface area contributed by atoms with Crippen LogP contribution in [0.4, 0.5) is 0 Å². The highest BCUT2D eigenvalue weighted by Crippen LogP contribution is 2.05. The van der Waals surface area contributed by atoms with E-state index >= 15 is 0 Å². The van der Waals surface area contributed by atoms with E-state index in [2.05, 4.69) is 60.8 Å². The van der Waals surface area contributed by atoms with E-state index in [0.717, 1.165) is 44.9 Å². The molecular formula is C25H43NO2. The number of allylic oxidation sites excluding steroid dienone is 8. The van der Waals surface area contributed by atoms with Gasteiger partial charge in [-0.1, -0.05) is 74.8 Å². The topological polar surface area (TPSA) is 49.3 Å². The first-order chi connectivity index (χ1) is 13.7. The second-order valence-corrected chi connectivity index (χ2v) is 7.34. The molecule has 1 unspecified atom stereocenters. The Morgan fingerprint density at radius 1 is 0.786 bits per heavy atom. The van der Waals surface area contributed by atoms with Crippen molar-refractivity contribution < 1.29 is 9.90 Å². The van der Waals surface area contributed by atoms with Crippen LogP contribution >= 0.6 is 0 Å². The number of carbonyl (C=O) groups excluding carboxylic acids is 1. The number of hydrogen-bond acceptors (Lipinski definition) is 2. The van der Waals surface area contributed by atoms with Gasteiger partial charge in [0, 0.05) is 12.5 Å². The van der Waals surface area contributed by atoms with Crippen LogP contribution in [0, 0.1) is 0 Å². The van der Waals surface area contributed by atoms with Crippen molar-refractivity contribution in [2.45, 2.75) is 96.9 Å². The van der Waals surface area contributed by atoms with E-state index in [0.29, 0.717) is 6.42 Å². The number of nitrogens with one attached hydrogen (secondary N) is 1. The highest BCUT2D eigenvalue weighted by molar-refractivity contribution is 5.76. The van der Waals surface area contributed by atoms with Crippen molar-refractivity contribution in [3.05, 3.63) is 48.6 Å². The first kappa shape index (κ1) is 26.4. The lowest BCUT2D eigenvalue weighted by molar-refractivity contribution is -0.122. The molecule has 0 saturated carbocycles. The van der Waals surface area contributed by atoms with Crippen LogP contribution in [-0.2, 0) is 4.79 Å². The van der Waals surface area contributed by atoms with Crippen LogP contribution in [-0.4, -0.2) is 23.7 Å². The summed E-state index contributed by atoms with van der Waals surface area (Å²) in [5.41, 5.74) is 0. The molecule has 0 fully saturated rings. The Kier molecular flexibility index (Phi) is 20.4. The zero-order valence-corrected chi connectivity index (χ0v) is 18.2. The lowest BCUT2D eigenvalue weighted by Crippen LogP contribution is -2.34. The molecule has 1 atom stereocenters.